The predicted octanol–water partition coefficient (Wildman–Crippen LogP) is 1.09. The Morgan fingerprint density at radius 1 is 1.25 bits per heavy atom. The van der Waals surface area contributed by atoms with Gasteiger partial charge in [0, 0.05) is 39.3 Å². The van der Waals surface area contributed by atoms with E-state index in [1.807, 2.05) is 6.08 Å². The van der Waals surface area contributed by atoms with Gasteiger partial charge in [0.1, 0.15) is 0 Å². The van der Waals surface area contributed by atoms with Crippen LogP contribution in [0.3, 0.4) is 0 Å². The monoisotopic (exact) mass is 223 g/mol. The summed E-state index contributed by atoms with van der Waals surface area (Å²) in [7, 11) is 2.19. The molecule has 0 saturated carbocycles. The number of hydrogen-bond acceptors (Lipinski definition) is 3. The van der Waals surface area contributed by atoms with Gasteiger partial charge in [0.05, 0.1) is 0 Å². The summed E-state index contributed by atoms with van der Waals surface area (Å²) in [4.78, 5) is 4.92. The summed E-state index contributed by atoms with van der Waals surface area (Å²) >= 11 is 0. The minimum absolute atomic E-state index is 0.627. The lowest BCUT2D eigenvalue weighted by molar-refractivity contribution is 0.163. The van der Waals surface area contributed by atoms with Gasteiger partial charge in [-0.3, -0.25) is 4.90 Å². The van der Waals surface area contributed by atoms with Crippen molar-refractivity contribution in [2.24, 2.45) is 5.73 Å². The molecule has 92 valence electrons. The summed E-state index contributed by atoms with van der Waals surface area (Å²) in [5.41, 5.74) is 6.92. The summed E-state index contributed by atoms with van der Waals surface area (Å²) < 4.78 is 0. The molecular formula is C13H25N3. The van der Waals surface area contributed by atoms with E-state index < -0.39 is 0 Å². The lowest BCUT2D eigenvalue weighted by Crippen LogP contribution is -2.44. The van der Waals surface area contributed by atoms with Crippen molar-refractivity contribution in [3.05, 3.63) is 23.8 Å². The van der Waals surface area contributed by atoms with Gasteiger partial charge < -0.3 is 10.6 Å². The van der Waals surface area contributed by atoms with Crippen LogP contribution in [0.15, 0.2) is 23.8 Å². The fourth-order valence-electron chi connectivity index (χ4n) is 1.86. The maximum Gasteiger partial charge on any atom is 0.0196 e. The van der Waals surface area contributed by atoms with Crippen LogP contribution in [-0.2, 0) is 0 Å². The van der Waals surface area contributed by atoms with Crippen LogP contribution < -0.4 is 5.73 Å². The fourth-order valence-corrected chi connectivity index (χ4v) is 1.86. The first kappa shape index (κ1) is 13.4. The van der Waals surface area contributed by atoms with E-state index in [1.54, 1.807) is 0 Å². The maximum atomic E-state index is 5.42. The molecule has 0 aliphatic carbocycles. The first-order chi connectivity index (χ1) is 7.76. The topological polar surface area (TPSA) is 32.5 Å². The van der Waals surface area contributed by atoms with E-state index in [1.165, 1.54) is 31.8 Å². The SMILES string of the molecule is CC/C(=C\C=C\CN)CN1CCN(C)CC1. The van der Waals surface area contributed by atoms with E-state index in [0.29, 0.717) is 6.54 Å². The van der Waals surface area contributed by atoms with E-state index in [2.05, 4.69) is 35.9 Å². The number of piperazine rings is 1. The van der Waals surface area contributed by atoms with Crippen LogP contribution in [0.25, 0.3) is 0 Å². The third-order valence-electron chi connectivity index (χ3n) is 3.08. The molecule has 1 rings (SSSR count). The van der Waals surface area contributed by atoms with Gasteiger partial charge in [-0.2, -0.15) is 0 Å². The van der Waals surface area contributed by atoms with E-state index in [4.69, 9.17) is 5.73 Å². The molecule has 1 aliphatic heterocycles. The van der Waals surface area contributed by atoms with Crippen LogP contribution in [-0.4, -0.2) is 56.1 Å². The highest BCUT2D eigenvalue weighted by Crippen LogP contribution is 2.07. The third kappa shape index (κ3) is 4.92. The molecule has 0 spiro atoms. The van der Waals surface area contributed by atoms with E-state index in [9.17, 15) is 0 Å². The molecule has 0 unspecified atom stereocenters. The molecule has 0 amide bonds. The van der Waals surface area contributed by atoms with Gasteiger partial charge in [-0.25, -0.2) is 0 Å². The number of nitrogens with zero attached hydrogens (tertiary/aromatic N) is 2. The zero-order chi connectivity index (χ0) is 11.8. The van der Waals surface area contributed by atoms with Crippen LogP contribution >= 0.6 is 0 Å². The molecule has 1 heterocycles. The Morgan fingerprint density at radius 3 is 2.50 bits per heavy atom. The summed E-state index contributed by atoms with van der Waals surface area (Å²) in [5, 5.41) is 0. The quantitative estimate of drug-likeness (QED) is 0.708. The molecule has 3 nitrogen and oxygen atoms in total. The highest BCUT2D eigenvalue weighted by Gasteiger charge is 2.13. The predicted molar refractivity (Wildman–Crippen MR) is 70.5 cm³/mol. The van der Waals surface area contributed by atoms with Crippen molar-refractivity contribution in [3.8, 4) is 0 Å². The normalized spacial score (nSPS) is 20.8. The lowest BCUT2D eigenvalue weighted by Gasteiger charge is -2.32. The number of nitrogens with two attached hydrogens (primary N) is 1. The second kappa shape index (κ2) is 7.60. The van der Waals surface area contributed by atoms with Crippen LogP contribution in [0.4, 0.5) is 0 Å². The summed E-state index contributed by atoms with van der Waals surface area (Å²) in [6.45, 7) is 8.72. The molecule has 1 fully saturated rings. The number of hydrogen-bond donors (Lipinski definition) is 1. The standard InChI is InChI=1S/C13H25N3/c1-3-13(6-4-5-7-14)12-16-10-8-15(2)9-11-16/h4-6H,3,7-12,14H2,1-2H3/b5-4+,13-6+. The Balaban J connectivity index is 2.38. The van der Waals surface area contributed by atoms with Crippen LogP contribution in [0, 0.1) is 0 Å². The van der Waals surface area contributed by atoms with Crippen LogP contribution in [0.5, 0.6) is 0 Å². The van der Waals surface area contributed by atoms with Gasteiger partial charge in [0.25, 0.3) is 0 Å². The van der Waals surface area contributed by atoms with Gasteiger partial charge >= 0.3 is 0 Å². The molecule has 1 aliphatic rings. The van der Waals surface area contributed by atoms with Crippen molar-refractivity contribution >= 4 is 0 Å². The van der Waals surface area contributed by atoms with Gasteiger partial charge in [0.15, 0.2) is 0 Å². The highest BCUT2D eigenvalue weighted by atomic mass is 15.2. The third-order valence-corrected chi connectivity index (χ3v) is 3.08. The summed E-state index contributed by atoms with van der Waals surface area (Å²) in [5.74, 6) is 0. The van der Waals surface area contributed by atoms with Gasteiger partial charge in [0.2, 0.25) is 0 Å². The largest absolute Gasteiger partial charge is 0.327 e. The Morgan fingerprint density at radius 2 is 1.94 bits per heavy atom. The Bertz CT molecular complexity index is 238. The first-order valence-corrected chi connectivity index (χ1v) is 6.21. The van der Waals surface area contributed by atoms with Crippen molar-refractivity contribution in [1.82, 2.24) is 9.80 Å². The van der Waals surface area contributed by atoms with Gasteiger partial charge in [-0.1, -0.05) is 30.7 Å². The summed E-state index contributed by atoms with van der Waals surface area (Å²) in [6.07, 6.45) is 7.42. The molecule has 16 heavy (non-hydrogen) atoms. The zero-order valence-corrected chi connectivity index (χ0v) is 10.7. The maximum absolute atomic E-state index is 5.42. The molecule has 0 bridgehead atoms. The minimum atomic E-state index is 0.627. The second-order valence-corrected chi connectivity index (χ2v) is 4.42. The molecule has 2 N–H and O–H groups in total. The van der Waals surface area contributed by atoms with E-state index in [0.717, 1.165) is 13.0 Å². The Hall–Kier alpha value is -0.640. The van der Waals surface area contributed by atoms with Crippen molar-refractivity contribution in [3.63, 3.8) is 0 Å². The number of allylic oxidation sites excluding steroid dienone is 2. The molecule has 0 radical (unpaired) electrons. The molecule has 0 atom stereocenters. The lowest BCUT2D eigenvalue weighted by atomic mass is 10.1. The van der Waals surface area contributed by atoms with Crippen LogP contribution in [0.1, 0.15) is 13.3 Å². The van der Waals surface area contributed by atoms with Crippen molar-refractivity contribution in [2.45, 2.75) is 13.3 Å². The minimum Gasteiger partial charge on any atom is -0.327 e. The number of rotatable bonds is 5. The first-order valence-electron chi connectivity index (χ1n) is 6.21. The smallest absolute Gasteiger partial charge is 0.0196 e. The molecule has 3 heteroatoms. The van der Waals surface area contributed by atoms with Crippen molar-refractivity contribution in [1.29, 1.82) is 0 Å². The van der Waals surface area contributed by atoms with Gasteiger partial charge in [-0.15, -0.1) is 0 Å². The van der Waals surface area contributed by atoms with Gasteiger partial charge in [-0.05, 0) is 13.5 Å². The van der Waals surface area contributed by atoms with E-state index >= 15 is 0 Å². The summed E-state index contributed by atoms with van der Waals surface area (Å²) in [6, 6.07) is 0. The van der Waals surface area contributed by atoms with Crippen molar-refractivity contribution in [2.75, 3.05) is 46.3 Å². The Kier molecular flexibility index (Phi) is 6.38. The fraction of sp³-hybridized carbons (Fsp3) is 0.692. The average Bonchev–Trinajstić information content (AvgIpc) is 2.31. The molecule has 0 aromatic heterocycles. The Labute approximate surface area is 99.6 Å². The zero-order valence-electron chi connectivity index (χ0n) is 10.7. The van der Waals surface area contributed by atoms with E-state index in [-0.39, 0.29) is 0 Å². The molecule has 1 saturated heterocycles. The average molecular weight is 223 g/mol. The molecule has 0 aromatic carbocycles. The second-order valence-electron chi connectivity index (χ2n) is 4.42. The van der Waals surface area contributed by atoms with Crippen LogP contribution in [0.2, 0.25) is 0 Å². The highest BCUT2D eigenvalue weighted by molar-refractivity contribution is 5.14. The van der Waals surface area contributed by atoms with Crippen molar-refractivity contribution < 1.29 is 0 Å². The molecular weight excluding hydrogens is 198 g/mol. The number of likely N-dealkylation sites (N-methyl/N-ethyl adjacent to an activating group) is 1. The molecule has 0 aromatic rings.